The SMILES string of the molecule is c1ccc2c(c1)c1ccccc1c1nc3cc(-n4c5ccccc5c5c6ccccc6c6c(c7cccc8c9ccccc9n6c87)c54)ccc3nc21. The van der Waals surface area contributed by atoms with Crippen molar-refractivity contribution in [3.05, 3.63) is 158 Å². The Morgan fingerprint density at radius 1 is 0.327 bits per heavy atom. The average molecular weight is 659 g/mol. The largest absolute Gasteiger partial charge is 0.308 e. The van der Waals surface area contributed by atoms with Crippen molar-refractivity contribution in [1.82, 2.24) is 18.9 Å². The van der Waals surface area contributed by atoms with Crippen LogP contribution in [0.2, 0.25) is 0 Å². The summed E-state index contributed by atoms with van der Waals surface area (Å²) in [5, 5.41) is 14.8. The highest BCUT2D eigenvalue weighted by molar-refractivity contribution is 6.39. The summed E-state index contributed by atoms with van der Waals surface area (Å²) < 4.78 is 5.00. The van der Waals surface area contributed by atoms with Crippen LogP contribution in [0.5, 0.6) is 0 Å². The van der Waals surface area contributed by atoms with E-state index < -0.39 is 0 Å². The predicted octanol–water partition coefficient (Wildman–Crippen LogP) is 12.5. The standard InChI is InChI=1S/C48H26N4/c1-4-16-32-28(12-1)29-13-2-5-17-33(29)45-44(32)49-38-25-24-27(26-39(38)50-45)51-41-23-10-8-19-36(41)42-31-15-3-6-18-35(31)47-43(48(42)51)37-21-11-20-34-30-14-7-9-22-40(30)52(47)46(34)37/h1-26H. The van der Waals surface area contributed by atoms with E-state index in [1.165, 1.54) is 81.4 Å². The van der Waals surface area contributed by atoms with Gasteiger partial charge in [-0.1, -0.05) is 127 Å². The van der Waals surface area contributed by atoms with E-state index in [0.717, 1.165) is 38.5 Å². The highest BCUT2D eigenvalue weighted by Gasteiger charge is 2.25. The quantitative estimate of drug-likeness (QED) is 0.130. The number of benzene rings is 9. The summed E-state index contributed by atoms with van der Waals surface area (Å²) in [6.45, 7) is 0. The van der Waals surface area contributed by atoms with Crippen molar-refractivity contribution in [2.75, 3.05) is 0 Å². The first kappa shape index (κ1) is 26.8. The molecule has 0 saturated heterocycles. The van der Waals surface area contributed by atoms with Crippen LogP contribution in [-0.4, -0.2) is 18.9 Å². The van der Waals surface area contributed by atoms with Crippen LogP contribution < -0.4 is 0 Å². The van der Waals surface area contributed by atoms with Crippen molar-refractivity contribution in [3.63, 3.8) is 0 Å². The van der Waals surface area contributed by atoms with Gasteiger partial charge in [-0.3, -0.25) is 0 Å². The Balaban J connectivity index is 1.23. The third-order valence-electron chi connectivity index (χ3n) is 11.5. The number of fused-ring (bicyclic) bond motifs is 20. The number of hydrogen-bond acceptors (Lipinski definition) is 2. The van der Waals surface area contributed by atoms with Gasteiger partial charge in [0.1, 0.15) is 0 Å². The van der Waals surface area contributed by atoms with Crippen molar-refractivity contribution < 1.29 is 0 Å². The van der Waals surface area contributed by atoms with E-state index in [2.05, 4.69) is 167 Å². The van der Waals surface area contributed by atoms with Crippen molar-refractivity contribution >= 4 is 114 Å². The molecule has 9 aromatic carbocycles. The topological polar surface area (TPSA) is 35.1 Å². The molecule has 0 aliphatic carbocycles. The minimum absolute atomic E-state index is 0.883. The van der Waals surface area contributed by atoms with E-state index in [1.807, 2.05) is 0 Å². The molecule has 4 heteroatoms. The summed E-state index contributed by atoms with van der Waals surface area (Å²) in [4.78, 5) is 10.7. The number of hydrogen-bond donors (Lipinski definition) is 0. The van der Waals surface area contributed by atoms with Crippen molar-refractivity contribution in [1.29, 1.82) is 0 Å². The third-order valence-corrected chi connectivity index (χ3v) is 11.5. The lowest BCUT2D eigenvalue weighted by molar-refractivity contribution is 1.19. The number of para-hydroxylation sites is 3. The second-order valence-corrected chi connectivity index (χ2v) is 14.1. The number of nitrogens with zero attached hydrogens (tertiary/aromatic N) is 4. The zero-order chi connectivity index (χ0) is 33.7. The van der Waals surface area contributed by atoms with E-state index in [1.54, 1.807) is 0 Å². The van der Waals surface area contributed by atoms with Gasteiger partial charge < -0.3 is 8.97 Å². The van der Waals surface area contributed by atoms with Gasteiger partial charge in [-0.25, -0.2) is 9.97 Å². The molecule has 0 aliphatic rings. The minimum atomic E-state index is 0.883. The molecule has 0 saturated carbocycles. The summed E-state index contributed by atoms with van der Waals surface area (Å²) in [5.74, 6) is 0. The molecule has 0 unspecified atom stereocenters. The molecular weight excluding hydrogens is 633 g/mol. The highest BCUT2D eigenvalue weighted by Crippen LogP contribution is 2.48. The third kappa shape index (κ3) is 3.15. The highest BCUT2D eigenvalue weighted by atomic mass is 15.0. The summed E-state index contributed by atoms with van der Waals surface area (Å²) >= 11 is 0. The van der Waals surface area contributed by atoms with Gasteiger partial charge in [0, 0.05) is 54.2 Å². The van der Waals surface area contributed by atoms with Crippen LogP contribution in [0.25, 0.3) is 120 Å². The Kier molecular flexibility index (Phi) is 4.83. The first-order valence-electron chi connectivity index (χ1n) is 17.9. The summed E-state index contributed by atoms with van der Waals surface area (Å²) in [6.07, 6.45) is 0. The lowest BCUT2D eigenvalue weighted by Gasteiger charge is -2.13. The van der Waals surface area contributed by atoms with Gasteiger partial charge in [-0.15, -0.1) is 0 Å². The van der Waals surface area contributed by atoms with Gasteiger partial charge in [0.2, 0.25) is 0 Å². The molecule has 0 bridgehead atoms. The summed E-state index contributed by atoms with van der Waals surface area (Å²) in [5.41, 5.74) is 10.9. The molecule has 238 valence electrons. The fraction of sp³-hybridized carbons (Fsp3) is 0. The second kappa shape index (κ2) is 9.39. The van der Waals surface area contributed by atoms with Gasteiger partial charge in [0.25, 0.3) is 0 Å². The Morgan fingerprint density at radius 3 is 1.62 bits per heavy atom. The van der Waals surface area contributed by atoms with E-state index in [9.17, 15) is 0 Å². The maximum atomic E-state index is 5.42. The first-order chi connectivity index (χ1) is 25.8. The Bertz CT molecular complexity index is 3700. The fourth-order valence-corrected chi connectivity index (χ4v) is 9.52. The lowest BCUT2D eigenvalue weighted by atomic mass is 9.98. The van der Waals surface area contributed by atoms with Crippen molar-refractivity contribution in [3.8, 4) is 5.69 Å². The van der Waals surface area contributed by atoms with E-state index >= 15 is 0 Å². The van der Waals surface area contributed by atoms with E-state index in [-0.39, 0.29) is 0 Å². The predicted molar refractivity (Wildman–Crippen MR) is 219 cm³/mol. The van der Waals surface area contributed by atoms with Crippen LogP contribution >= 0.6 is 0 Å². The molecule has 4 nitrogen and oxygen atoms in total. The van der Waals surface area contributed by atoms with Crippen molar-refractivity contribution in [2.45, 2.75) is 0 Å². The molecular formula is C48H26N4. The van der Waals surface area contributed by atoms with Gasteiger partial charge in [0.05, 0.1) is 49.7 Å². The van der Waals surface area contributed by atoms with Gasteiger partial charge in [0.15, 0.2) is 0 Å². The fourth-order valence-electron chi connectivity index (χ4n) is 9.52. The number of rotatable bonds is 1. The second-order valence-electron chi connectivity index (χ2n) is 14.1. The average Bonchev–Trinajstić information content (AvgIpc) is 3.86. The maximum absolute atomic E-state index is 5.42. The van der Waals surface area contributed by atoms with Crippen LogP contribution in [0, 0.1) is 0 Å². The normalized spacial score (nSPS) is 12.6. The zero-order valence-electron chi connectivity index (χ0n) is 27.8. The maximum Gasteiger partial charge on any atom is 0.0979 e. The van der Waals surface area contributed by atoms with Crippen LogP contribution in [0.3, 0.4) is 0 Å². The molecule has 52 heavy (non-hydrogen) atoms. The molecule has 0 radical (unpaired) electrons. The number of aromatic nitrogens is 4. The van der Waals surface area contributed by atoms with Gasteiger partial charge in [-0.05, 0) is 46.5 Å². The molecule has 0 amide bonds. The monoisotopic (exact) mass is 658 g/mol. The molecule has 0 spiro atoms. The molecule has 0 atom stereocenters. The van der Waals surface area contributed by atoms with E-state index in [4.69, 9.17) is 9.97 Å². The minimum Gasteiger partial charge on any atom is -0.308 e. The zero-order valence-corrected chi connectivity index (χ0v) is 27.8. The summed E-state index contributed by atoms with van der Waals surface area (Å²) in [7, 11) is 0. The molecule has 0 fully saturated rings. The molecule has 4 heterocycles. The molecule has 13 aromatic rings. The van der Waals surface area contributed by atoms with Crippen LogP contribution in [-0.2, 0) is 0 Å². The van der Waals surface area contributed by atoms with Crippen LogP contribution in [0.4, 0.5) is 0 Å². The van der Waals surface area contributed by atoms with Crippen molar-refractivity contribution in [2.24, 2.45) is 0 Å². The van der Waals surface area contributed by atoms with Crippen LogP contribution in [0.15, 0.2) is 158 Å². The Morgan fingerprint density at radius 2 is 0.865 bits per heavy atom. The smallest absolute Gasteiger partial charge is 0.0979 e. The molecule has 0 aliphatic heterocycles. The van der Waals surface area contributed by atoms with Gasteiger partial charge in [-0.2, -0.15) is 0 Å². The molecule has 4 aromatic heterocycles. The Labute approximate surface area is 295 Å². The molecule has 13 rings (SSSR count). The van der Waals surface area contributed by atoms with E-state index in [0.29, 0.717) is 0 Å². The van der Waals surface area contributed by atoms with Gasteiger partial charge >= 0.3 is 0 Å². The lowest BCUT2D eigenvalue weighted by Crippen LogP contribution is -1.97. The molecule has 0 N–H and O–H groups in total. The summed E-state index contributed by atoms with van der Waals surface area (Å²) in [6, 6.07) is 57.2. The first-order valence-corrected chi connectivity index (χ1v) is 17.9. The van der Waals surface area contributed by atoms with Crippen LogP contribution in [0.1, 0.15) is 0 Å². The Hall–Kier alpha value is -7.04.